The molecule has 9 heteroatoms. The topological polar surface area (TPSA) is 97.0 Å². The normalized spacial score (nSPS) is 15.8. The van der Waals surface area contributed by atoms with Crippen molar-refractivity contribution in [3.63, 3.8) is 0 Å². The lowest BCUT2D eigenvalue weighted by atomic mass is 10.0. The minimum Gasteiger partial charge on any atom is -0.497 e. The molecule has 0 bridgehead atoms. The van der Waals surface area contributed by atoms with Crippen LogP contribution in [-0.4, -0.2) is 65.7 Å². The van der Waals surface area contributed by atoms with Crippen molar-refractivity contribution in [1.29, 1.82) is 0 Å². The smallest absolute Gasteiger partial charge is 0.240 e. The third-order valence-corrected chi connectivity index (χ3v) is 6.93. The van der Waals surface area contributed by atoms with Crippen LogP contribution in [0.5, 0.6) is 5.75 Å². The van der Waals surface area contributed by atoms with Crippen LogP contribution in [0.4, 0.5) is 0 Å². The van der Waals surface area contributed by atoms with E-state index in [1.165, 1.54) is 0 Å². The monoisotopic (exact) mass is 461 g/mol. The molecule has 0 radical (unpaired) electrons. The second-order valence-electron chi connectivity index (χ2n) is 7.70. The highest BCUT2D eigenvalue weighted by Gasteiger charge is 2.23. The zero-order valence-corrected chi connectivity index (χ0v) is 19.4. The first-order valence-corrected chi connectivity index (χ1v) is 12.2. The average Bonchev–Trinajstić information content (AvgIpc) is 2.80. The highest BCUT2D eigenvalue weighted by molar-refractivity contribution is 7.89. The zero-order chi connectivity index (χ0) is 23.0. The van der Waals surface area contributed by atoms with Gasteiger partial charge >= 0.3 is 0 Å². The van der Waals surface area contributed by atoms with Crippen LogP contribution in [0.1, 0.15) is 23.6 Å². The summed E-state index contributed by atoms with van der Waals surface area (Å²) in [4.78, 5) is 14.9. The molecule has 1 amide bonds. The van der Waals surface area contributed by atoms with E-state index >= 15 is 0 Å². The molecule has 2 aromatic rings. The molecule has 1 saturated heterocycles. The summed E-state index contributed by atoms with van der Waals surface area (Å²) in [6, 6.07) is 14.4. The molecule has 1 heterocycles. The molecule has 3 rings (SSSR count). The summed E-state index contributed by atoms with van der Waals surface area (Å²) >= 11 is 0. The fourth-order valence-electron chi connectivity index (χ4n) is 3.57. The molecule has 1 aliphatic heterocycles. The van der Waals surface area contributed by atoms with Gasteiger partial charge in [-0.15, -0.1) is 0 Å². The number of hydrogen-bond acceptors (Lipinski definition) is 6. The minimum atomic E-state index is -3.63. The fourth-order valence-corrected chi connectivity index (χ4v) is 4.60. The molecule has 1 atom stereocenters. The van der Waals surface area contributed by atoms with Crippen molar-refractivity contribution in [3.8, 4) is 5.75 Å². The van der Waals surface area contributed by atoms with Gasteiger partial charge in [0.05, 0.1) is 31.3 Å². The highest BCUT2D eigenvalue weighted by atomic mass is 32.2. The standard InChI is InChI=1S/C23H31N3O5S/c1-18-3-9-21(10-4-18)32(28,29)25-12-11-23(27)24-17-22(26-13-15-31-16-14-26)19-5-7-20(30-2)8-6-19/h3-10,22,25H,11-17H2,1-2H3,(H,24,27)/t22-/m1/s1. The van der Waals surface area contributed by atoms with Crippen molar-refractivity contribution in [2.24, 2.45) is 0 Å². The Balaban J connectivity index is 1.54. The van der Waals surface area contributed by atoms with E-state index in [4.69, 9.17) is 9.47 Å². The molecule has 0 spiro atoms. The number of ether oxygens (including phenoxy) is 2. The van der Waals surface area contributed by atoms with Crippen LogP contribution in [-0.2, 0) is 19.6 Å². The van der Waals surface area contributed by atoms with E-state index in [1.54, 1.807) is 31.4 Å². The summed E-state index contributed by atoms with van der Waals surface area (Å²) in [5, 5.41) is 2.95. The van der Waals surface area contributed by atoms with Crippen molar-refractivity contribution in [2.75, 3.05) is 46.5 Å². The number of hydrogen-bond donors (Lipinski definition) is 2. The van der Waals surface area contributed by atoms with E-state index in [2.05, 4.69) is 14.9 Å². The van der Waals surface area contributed by atoms with Crippen LogP contribution < -0.4 is 14.8 Å². The molecule has 0 aromatic heterocycles. The Hall–Kier alpha value is -2.46. The number of benzene rings is 2. The summed E-state index contributed by atoms with van der Waals surface area (Å²) in [6.07, 6.45) is 0.0591. The average molecular weight is 462 g/mol. The van der Waals surface area contributed by atoms with Gasteiger partial charge in [0.25, 0.3) is 0 Å². The van der Waals surface area contributed by atoms with E-state index in [9.17, 15) is 13.2 Å². The molecule has 8 nitrogen and oxygen atoms in total. The number of nitrogens with zero attached hydrogens (tertiary/aromatic N) is 1. The number of nitrogens with one attached hydrogen (secondary N) is 2. The largest absolute Gasteiger partial charge is 0.497 e. The van der Waals surface area contributed by atoms with Crippen molar-refractivity contribution >= 4 is 15.9 Å². The van der Waals surface area contributed by atoms with Gasteiger partial charge in [0.2, 0.25) is 15.9 Å². The molecule has 32 heavy (non-hydrogen) atoms. The minimum absolute atomic E-state index is 0.00185. The van der Waals surface area contributed by atoms with E-state index in [-0.39, 0.29) is 29.8 Å². The predicted molar refractivity (Wildman–Crippen MR) is 122 cm³/mol. The van der Waals surface area contributed by atoms with Crippen LogP contribution in [0.2, 0.25) is 0 Å². The van der Waals surface area contributed by atoms with Gasteiger partial charge in [0.15, 0.2) is 0 Å². The molecular weight excluding hydrogens is 430 g/mol. The van der Waals surface area contributed by atoms with E-state index in [0.717, 1.165) is 30.0 Å². The molecule has 1 aliphatic rings. The number of methoxy groups -OCH3 is 1. The molecule has 0 aliphatic carbocycles. The zero-order valence-electron chi connectivity index (χ0n) is 18.5. The van der Waals surface area contributed by atoms with Crippen molar-refractivity contribution in [2.45, 2.75) is 24.3 Å². The lowest BCUT2D eigenvalue weighted by molar-refractivity contribution is -0.121. The molecular formula is C23H31N3O5S. The van der Waals surface area contributed by atoms with Crippen LogP contribution in [0.15, 0.2) is 53.4 Å². The van der Waals surface area contributed by atoms with Crippen molar-refractivity contribution < 1.29 is 22.7 Å². The number of morpholine rings is 1. The second-order valence-corrected chi connectivity index (χ2v) is 9.47. The Kier molecular flexibility index (Phi) is 8.63. The third-order valence-electron chi connectivity index (χ3n) is 5.46. The maximum absolute atomic E-state index is 12.4. The number of carbonyl (C=O) groups is 1. The van der Waals surface area contributed by atoms with Gasteiger partial charge in [-0.2, -0.15) is 0 Å². The van der Waals surface area contributed by atoms with Crippen LogP contribution in [0.25, 0.3) is 0 Å². The predicted octanol–water partition coefficient (Wildman–Crippen LogP) is 1.86. The summed E-state index contributed by atoms with van der Waals surface area (Å²) < 4.78 is 37.9. The number of aryl methyl sites for hydroxylation is 1. The van der Waals surface area contributed by atoms with Crippen LogP contribution >= 0.6 is 0 Å². The van der Waals surface area contributed by atoms with Crippen LogP contribution in [0, 0.1) is 6.92 Å². The lowest BCUT2D eigenvalue weighted by Crippen LogP contribution is -2.44. The van der Waals surface area contributed by atoms with Gasteiger partial charge < -0.3 is 14.8 Å². The lowest BCUT2D eigenvalue weighted by Gasteiger charge is -2.35. The Bertz CT molecular complexity index is 972. The summed E-state index contributed by atoms with van der Waals surface area (Å²) in [5.74, 6) is 0.572. The summed E-state index contributed by atoms with van der Waals surface area (Å²) in [6.45, 7) is 5.22. The van der Waals surface area contributed by atoms with Gasteiger partial charge in [-0.25, -0.2) is 13.1 Å². The molecule has 1 fully saturated rings. The Morgan fingerprint density at radius 1 is 1.09 bits per heavy atom. The van der Waals surface area contributed by atoms with Gasteiger partial charge in [-0.1, -0.05) is 29.8 Å². The first-order chi connectivity index (χ1) is 15.4. The maximum atomic E-state index is 12.4. The number of amides is 1. The van der Waals surface area contributed by atoms with E-state index in [0.29, 0.717) is 19.8 Å². The molecule has 2 aromatic carbocycles. The SMILES string of the molecule is COc1ccc([C@@H](CNC(=O)CCNS(=O)(=O)c2ccc(C)cc2)N2CCOCC2)cc1. The Morgan fingerprint density at radius 3 is 2.38 bits per heavy atom. The second kappa shape index (κ2) is 11.4. The molecule has 2 N–H and O–H groups in total. The van der Waals surface area contributed by atoms with Crippen molar-refractivity contribution in [1.82, 2.24) is 14.9 Å². The molecule has 174 valence electrons. The Morgan fingerprint density at radius 2 is 1.75 bits per heavy atom. The number of rotatable bonds is 10. The fraction of sp³-hybridized carbons (Fsp3) is 0.435. The highest BCUT2D eigenvalue weighted by Crippen LogP contribution is 2.23. The quantitative estimate of drug-likeness (QED) is 0.561. The first kappa shape index (κ1) is 24.2. The first-order valence-electron chi connectivity index (χ1n) is 10.7. The van der Waals surface area contributed by atoms with E-state index in [1.807, 2.05) is 31.2 Å². The Labute approximate surface area is 190 Å². The van der Waals surface area contributed by atoms with Crippen LogP contribution in [0.3, 0.4) is 0 Å². The van der Waals surface area contributed by atoms with Gasteiger partial charge in [-0.05, 0) is 36.8 Å². The van der Waals surface area contributed by atoms with E-state index < -0.39 is 10.0 Å². The summed E-state index contributed by atoms with van der Waals surface area (Å²) in [5.41, 5.74) is 2.06. The van der Waals surface area contributed by atoms with Crippen molar-refractivity contribution in [3.05, 3.63) is 59.7 Å². The van der Waals surface area contributed by atoms with Gasteiger partial charge in [0, 0.05) is 32.6 Å². The summed E-state index contributed by atoms with van der Waals surface area (Å²) in [7, 11) is -2.01. The molecule has 0 saturated carbocycles. The molecule has 0 unspecified atom stereocenters. The maximum Gasteiger partial charge on any atom is 0.240 e. The van der Waals surface area contributed by atoms with Gasteiger partial charge in [-0.3, -0.25) is 9.69 Å². The number of carbonyl (C=O) groups excluding carboxylic acids is 1. The number of sulfonamides is 1. The van der Waals surface area contributed by atoms with Gasteiger partial charge in [0.1, 0.15) is 5.75 Å². The third kappa shape index (κ3) is 6.77.